The molecule has 0 radical (unpaired) electrons. The summed E-state index contributed by atoms with van der Waals surface area (Å²) in [7, 11) is 0. The van der Waals surface area contributed by atoms with Crippen LogP contribution < -0.4 is 5.32 Å². The van der Waals surface area contributed by atoms with Crippen molar-refractivity contribution in [1.82, 2.24) is 5.01 Å². The number of ether oxygens (including phenoxy) is 1. The number of carbonyl (C=O) groups excluding carboxylic acids is 2. The highest BCUT2D eigenvalue weighted by molar-refractivity contribution is 6.42. The summed E-state index contributed by atoms with van der Waals surface area (Å²) < 4.78 is 6.22. The van der Waals surface area contributed by atoms with Crippen molar-refractivity contribution in [3.8, 4) is 0 Å². The van der Waals surface area contributed by atoms with Gasteiger partial charge >= 0.3 is 0 Å². The maximum absolute atomic E-state index is 12.8. The molecular weight excluding hydrogens is 485 g/mol. The first-order valence-corrected chi connectivity index (χ1v) is 11.0. The SMILES string of the molecule is CC(=O)N1N=C(c2ccccc2NC(=O)c2ccc(Cl)cc2)OC1(C)c1ccc(Cl)c(Cl)c1. The molecular formula is C24H18Cl3N3O3. The van der Waals surface area contributed by atoms with E-state index in [0.29, 0.717) is 37.4 Å². The Bertz CT molecular complexity index is 1280. The zero-order valence-electron chi connectivity index (χ0n) is 17.6. The van der Waals surface area contributed by atoms with Crippen LogP contribution in [0.3, 0.4) is 0 Å². The summed E-state index contributed by atoms with van der Waals surface area (Å²) in [5.41, 5.74) is 0.749. The van der Waals surface area contributed by atoms with Gasteiger partial charge in [-0.05, 0) is 48.5 Å². The molecule has 1 unspecified atom stereocenters. The van der Waals surface area contributed by atoms with Crippen LogP contribution in [0.2, 0.25) is 15.1 Å². The zero-order valence-corrected chi connectivity index (χ0v) is 19.9. The number of anilines is 1. The number of hydrazone groups is 1. The Kier molecular flexibility index (Phi) is 6.34. The quantitative estimate of drug-likeness (QED) is 0.454. The molecule has 0 aliphatic carbocycles. The van der Waals surface area contributed by atoms with E-state index in [1.807, 2.05) is 0 Å². The van der Waals surface area contributed by atoms with E-state index in [1.54, 1.807) is 73.7 Å². The van der Waals surface area contributed by atoms with Gasteiger partial charge in [0.2, 0.25) is 17.5 Å². The molecule has 0 saturated carbocycles. The number of nitrogens with one attached hydrogen (secondary N) is 1. The van der Waals surface area contributed by atoms with Gasteiger partial charge in [0, 0.05) is 30.0 Å². The van der Waals surface area contributed by atoms with Crippen LogP contribution in [0.15, 0.2) is 71.8 Å². The number of para-hydroxylation sites is 1. The van der Waals surface area contributed by atoms with Crippen LogP contribution >= 0.6 is 34.8 Å². The van der Waals surface area contributed by atoms with Gasteiger partial charge in [-0.25, -0.2) is 0 Å². The van der Waals surface area contributed by atoms with Crippen molar-refractivity contribution in [3.05, 3.63) is 98.5 Å². The highest BCUT2D eigenvalue weighted by Gasteiger charge is 2.45. The van der Waals surface area contributed by atoms with Gasteiger partial charge < -0.3 is 10.1 Å². The average Bonchev–Trinajstić information content (AvgIpc) is 3.15. The van der Waals surface area contributed by atoms with E-state index in [0.717, 1.165) is 0 Å². The first-order chi connectivity index (χ1) is 15.7. The minimum absolute atomic E-state index is 0.172. The fourth-order valence-electron chi connectivity index (χ4n) is 3.46. The number of halogens is 3. The van der Waals surface area contributed by atoms with Crippen molar-refractivity contribution in [1.29, 1.82) is 0 Å². The lowest BCUT2D eigenvalue weighted by Crippen LogP contribution is -2.41. The van der Waals surface area contributed by atoms with Crippen LogP contribution in [0.25, 0.3) is 0 Å². The second kappa shape index (κ2) is 9.06. The summed E-state index contributed by atoms with van der Waals surface area (Å²) in [6.07, 6.45) is 0. The van der Waals surface area contributed by atoms with E-state index < -0.39 is 5.72 Å². The summed E-state index contributed by atoms with van der Waals surface area (Å²) in [5, 5.41) is 9.77. The van der Waals surface area contributed by atoms with Crippen LogP contribution in [-0.4, -0.2) is 22.7 Å². The van der Waals surface area contributed by atoms with Gasteiger partial charge in [-0.15, -0.1) is 5.10 Å². The predicted octanol–water partition coefficient (Wildman–Crippen LogP) is 6.31. The minimum Gasteiger partial charge on any atom is -0.443 e. The molecule has 4 rings (SSSR count). The molecule has 1 N–H and O–H groups in total. The molecule has 3 aromatic rings. The van der Waals surface area contributed by atoms with Gasteiger partial charge in [-0.3, -0.25) is 9.59 Å². The van der Waals surface area contributed by atoms with E-state index in [-0.39, 0.29) is 17.7 Å². The summed E-state index contributed by atoms with van der Waals surface area (Å²) in [6.45, 7) is 3.10. The lowest BCUT2D eigenvalue weighted by molar-refractivity contribution is -0.146. The Morgan fingerprint density at radius 1 is 0.970 bits per heavy atom. The van der Waals surface area contributed by atoms with Crippen LogP contribution in [0, 0.1) is 0 Å². The molecule has 1 aliphatic heterocycles. The van der Waals surface area contributed by atoms with Gasteiger partial charge in [0.15, 0.2) is 0 Å². The Morgan fingerprint density at radius 3 is 2.33 bits per heavy atom. The number of benzene rings is 3. The van der Waals surface area contributed by atoms with Crippen LogP contribution in [0.1, 0.15) is 35.3 Å². The molecule has 0 spiro atoms. The lowest BCUT2D eigenvalue weighted by atomic mass is 10.0. The summed E-state index contributed by atoms with van der Waals surface area (Å²) in [4.78, 5) is 25.2. The molecule has 0 saturated heterocycles. The van der Waals surface area contributed by atoms with Gasteiger partial charge in [0.1, 0.15) is 0 Å². The summed E-state index contributed by atoms with van der Waals surface area (Å²) >= 11 is 18.2. The fourth-order valence-corrected chi connectivity index (χ4v) is 3.88. The Morgan fingerprint density at radius 2 is 1.67 bits per heavy atom. The normalized spacial score (nSPS) is 17.4. The highest BCUT2D eigenvalue weighted by atomic mass is 35.5. The molecule has 9 heteroatoms. The molecule has 1 atom stereocenters. The second-order valence-corrected chi connectivity index (χ2v) is 8.71. The topological polar surface area (TPSA) is 71.0 Å². The van der Waals surface area contributed by atoms with Crippen LogP contribution in [0.5, 0.6) is 0 Å². The number of carbonyl (C=O) groups is 2. The molecule has 1 aliphatic rings. The predicted molar refractivity (Wildman–Crippen MR) is 130 cm³/mol. The zero-order chi connectivity index (χ0) is 23.8. The van der Waals surface area contributed by atoms with E-state index in [2.05, 4.69) is 10.4 Å². The largest absolute Gasteiger partial charge is 0.443 e. The third kappa shape index (κ3) is 4.55. The molecule has 2 amide bonds. The third-order valence-electron chi connectivity index (χ3n) is 5.16. The molecule has 6 nitrogen and oxygen atoms in total. The van der Waals surface area contributed by atoms with Gasteiger partial charge in [0.05, 0.1) is 21.3 Å². The van der Waals surface area contributed by atoms with Crippen LogP contribution in [0.4, 0.5) is 5.69 Å². The third-order valence-corrected chi connectivity index (χ3v) is 6.15. The van der Waals surface area contributed by atoms with Crippen molar-refractivity contribution in [2.75, 3.05) is 5.32 Å². The van der Waals surface area contributed by atoms with Gasteiger partial charge in [-0.1, -0.05) is 53.0 Å². The van der Waals surface area contributed by atoms with Crippen LogP contribution in [-0.2, 0) is 15.3 Å². The van der Waals surface area contributed by atoms with Gasteiger partial charge in [0.25, 0.3) is 5.91 Å². The maximum Gasteiger partial charge on any atom is 0.255 e. The minimum atomic E-state index is -1.26. The van der Waals surface area contributed by atoms with E-state index in [1.165, 1.54) is 11.9 Å². The maximum atomic E-state index is 12.8. The smallest absolute Gasteiger partial charge is 0.255 e. The van der Waals surface area contributed by atoms with Crippen molar-refractivity contribution >= 4 is 58.2 Å². The van der Waals surface area contributed by atoms with E-state index >= 15 is 0 Å². The molecule has 168 valence electrons. The number of hydrogen-bond acceptors (Lipinski definition) is 4. The van der Waals surface area contributed by atoms with Crippen molar-refractivity contribution < 1.29 is 14.3 Å². The monoisotopic (exact) mass is 501 g/mol. The number of amides is 2. The van der Waals surface area contributed by atoms with E-state index in [9.17, 15) is 9.59 Å². The lowest BCUT2D eigenvalue weighted by Gasteiger charge is -2.31. The number of hydrogen-bond donors (Lipinski definition) is 1. The van der Waals surface area contributed by atoms with Gasteiger partial charge in [-0.2, -0.15) is 5.01 Å². The fraction of sp³-hybridized carbons (Fsp3) is 0.125. The van der Waals surface area contributed by atoms with Crippen molar-refractivity contribution in [3.63, 3.8) is 0 Å². The molecule has 1 heterocycles. The average molecular weight is 503 g/mol. The molecule has 0 bridgehead atoms. The number of rotatable bonds is 4. The summed E-state index contributed by atoms with van der Waals surface area (Å²) in [5.74, 6) is -0.486. The summed E-state index contributed by atoms with van der Waals surface area (Å²) in [6, 6.07) is 18.5. The van der Waals surface area contributed by atoms with Crippen molar-refractivity contribution in [2.45, 2.75) is 19.6 Å². The Labute approximate surface area is 205 Å². The molecule has 33 heavy (non-hydrogen) atoms. The molecule has 3 aromatic carbocycles. The molecule has 0 fully saturated rings. The Balaban J connectivity index is 1.69. The highest BCUT2D eigenvalue weighted by Crippen LogP contribution is 2.39. The van der Waals surface area contributed by atoms with E-state index in [4.69, 9.17) is 39.5 Å². The Hall–Kier alpha value is -3.06. The number of nitrogens with zero attached hydrogens (tertiary/aromatic N) is 2. The van der Waals surface area contributed by atoms with Crippen molar-refractivity contribution in [2.24, 2.45) is 5.10 Å². The first-order valence-electron chi connectivity index (χ1n) is 9.89. The first kappa shape index (κ1) is 23.1. The molecule has 0 aromatic heterocycles. The second-order valence-electron chi connectivity index (χ2n) is 7.46. The standard InChI is InChI=1S/C24H18Cl3N3O3/c1-14(31)30-24(2,16-9-12-19(26)20(27)13-16)33-23(29-30)18-5-3-4-6-21(18)28-22(32)15-7-10-17(25)11-8-15/h3-13H,1-2H3,(H,28,32).